The minimum atomic E-state index is 0.832. The lowest BCUT2D eigenvalue weighted by Gasteiger charge is -1.92. The number of nitriles is 1. The lowest BCUT2D eigenvalue weighted by molar-refractivity contribution is 1.14. The second-order valence-electron chi connectivity index (χ2n) is 3.29. The molecule has 0 atom stereocenters. The number of nitrogens with zero attached hydrogens (tertiary/aromatic N) is 1. The summed E-state index contributed by atoms with van der Waals surface area (Å²) in [7, 11) is 0. The zero-order valence-electron chi connectivity index (χ0n) is 8.12. The number of aryl methyl sites for hydroxylation is 1. The van der Waals surface area contributed by atoms with Crippen molar-refractivity contribution in [1.29, 1.82) is 5.26 Å². The zero-order chi connectivity index (χ0) is 9.97. The third-order valence-corrected chi connectivity index (χ3v) is 2.48. The van der Waals surface area contributed by atoms with E-state index in [4.69, 9.17) is 5.26 Å². The molecule has 0 radical (unpaired) electrons. The van der Waals surface area contributed by atoms with Gasteiger partial charge in [-0.15, -0.1) is 0 Å². The number of hydrogen-bond donors (Lipinski definition) is 0. The first-order chi connectivity index (χ1) is 6.86. The largest absolute Gasteiger partial charge is 0.192 e. The summed E-state index contributed by atoms with van der Waals surface area (Å²) in [6.45, 7) is 2.08. The van der Waals surface area contributed by atoms with Crippen LogP contribution in [0.15, 0.2) is 36.4 Å². The van der Waals surface area contributed by atoms with Crippen LogP contribution < -0.4 is 0 Å². The Labute approximate surface area is 84.0 Å². The van der Waals surface area contributed by atoms with Gasteiger partial charge in [0.05, 0.1) is 5.56 Å². The molecule has 0 aromatic heterocycles. The second kappa shape index (κ2) is 3.51. The fraction of sp³-hybridized carbons (Fsp3) is 0.154. The molecule has 2 aliphatic carbocycles. The van der Waals surface area contributed by atoms with E-state index in [9.17, 15) is 0 Å². The highest BCUT2D eigenvalue weighted by atomic mass is 14.3. The van der Waals surface area contributed by atoms with Crippen LogP contribution in [0.3, 0.4) is 0 Å². The molecular formula is C13H11N. The number of fused-ring (bicyclic) bond motifs is 1. The highest BCUT2D eigenvalue weighted by Crippen LogP contribution is 2.30. The average molecular weight is 181 g/mol. The van der Waals surface area contributed by atoms with Gasteiger partial charge in [0.1, 0.15) is 6.07 Å². The molecule has 1 heteroatoms. The van der Waals surface area contributed by atoms with Crippen molar-refractivity contribution in [2.24, 2.45) is 0 Å². The van der Waals surface area contributed by atoms with E-state index in [1.54, 1.807) is 0 Å². The van der Waals surface area contributed by atoms with Crippen LogP contribution in [0.25, 0.3) is 11.1 Å². The minimum absolute atomic E-state index is 0.832. The van der Waals surface area contributed by atoms with Crippen LogP contribution in [0.4, 0.5) is 0 Å². The molecule has 0 unspecified atom stereocenters. The Bertz CT molecular complexity index is 465. The summed E-state index contributed by atoms with van der Waals surface area (Å²) in [4.78, 5) is 0. The molecule has 2 aliphatic rings. The maximum atomic E-state index is 9.07. The van der Waals surface area contributed by atoms with Crippen molar-refractivity contribution in [3.05, 3.63) is 47.5 Å². The highest BCUT2D eigenvalue weighted by molar-refractivity contribution is 5.76. The molecule has 0 amide bonds. The van der Waals surface area contributed by atoms with Gasteiger partial charge in [-0.2, -0.15) is 5.26 Å². The van der Waals surface area contributed by atoms with Gasteiger partial charge in [0.15, 0.2) is 0 Å². The summed E-state index contributed by atoms with van der Waals surface area (Å²) in [5.74, 6) is 0. The van der Waals surface area contributed by atoms with Crippen LogP contribution in [0, 0.1) is 11.3 Å². The van der Waals surface area contributed by atoms with E-state index in [1.165, 1.54) is 0 Å². The fourth-order valence-corrected chi connectivity index (χ4v) is 1.76. The third-order valence-electron chi connectivity index (χ3n) is 2.48. The van der Waals surface area contributed by atoms with Crippen LogP contribution in [-0.4, -0.2) is 0 Å². The summed E-state index contributed by atoms with van der Waals surface area (Å²) < 4.78 is 0. The average Bonchev–Trinajstić information content (AvgIpc) is 2.39. The van der Waals surface area contributed by atoms with E-state index in [0.717, 1.165) is 28.7 Å². The molecule has 2 rings (SSSR count). The molecule has 0 aliphatic heterocycles. The first-order valence-electron chi connectivity index (χ1n) is 4.77. The van der Waals surface area contributed by atoms with E-state index in [2.05, 4.69) is 25.1 Å². The molecule has 0 saturated carbocycles. The monoisotopic (exact) mass is 181 g/mol. The van der Waals surface area contributed by atoms with Gasteiger partial charge in [-0.1, -0.05) is 37.3 Å². The van der Waals surface area contributed by atoms with Gasteiger partial charge in [-0.05, 0) is 29.2 Å². The van der Waals surface area contributed by atoms with Gasteiger partial charge in [-0.3, -0.25) is 0 Å². The molecule has 0 bridgehead atoms. The predicted molar refractivity (Wildman–Crippen MR) is 57.2 cm³/mol. The summed E-state index contributed by atoms with van der Waals surface area (Å²) >= 11 is 0. The van der Waals surface area contributed by atoms with Gasteiger partial charge < -0.3 is 0 Å². The summed E-state index contributed by atoms with van der Waals surface area (Å²) in [5.41, 5.74) is 4.20. The minimum Gasteiger partial charge on any atom is -0.192 e. The lowest BCUT2D eigenvalue weighted by Crippen LogP contribution is -1.79. The molecule has 0 saturated heterocycles. The van der Waals surface area contributed by atoms with Gasteiger partial charge in [0.25, 0.3) is 0 Å². The Hall–Kier alpha value is -1.81. The first kappa shape index (κ1) is 8.77. The molecule has 1 nitrogen and oxygen atoms in total. The fourth-order valence-electron chi connectivity index (χ4n) is 1.76. The van der Waals surface area contributed by atoms with Crippen LogP contribution in [0.5, 0.6) is 0 Å². The topological polar surface area (TPSA) is 23.8 Å². The van der Waals surface area contributed by atoms with Crippen molar-refractivity contribution in [2.45, 2.75) is 13.3 Å². The maximum Gasteiger partial charge on any atom is 0.100 e. The van der Waals surface area contributed by atoms with E-state index in [1.807, 2.05) is 24.3 Å². The van der Waals surface area contributed by atoms with Gasteiger partial charge in [0, 0.05) is 0 Å². The van der Waals surface area contributed by atoms with Crippen molar-refractivity contribution in [2.75, 3.05) is 0 Å². The van der Waals surface area contributed by atoms with Crippen molar-refractivity contribution in [3.8, 4) is 17.2 Å². The highest BCUT2D eigenvalue weighted by Gasteiger charge is 2.12. The van der Waals surface area contributed by atoms with E-state index >= 15 is 0 Å². The predicted octanol–water partition coefficient (Wildman–Crippen LogP) is 3.23. The van der Waals surface area contributed by atoms with Gasteiger partial charge in [-0.25, -0.2) is 0 Å². The normalized spacial score (nSPS) is 10.0. The standard InChI is InChI=1S/C13H11N/c1-2-10-8-11-6-4-3-5-7-12(11)13(10)9-14/h3-8H,2H2,1H3. The second-order valence-corrected chi connectivity index (χ2v) is 3.29. The summed E-state index contributed by atoms with van der Waals surface area (Å²) in [6.07, 6.45) is 0.918. The van der Waals surface area contributed by atoms with Crippen molar-refractivity contribution in [1.82, 2.24) is 0 Å². The molecule has 14 heavy (non-hydrogen) atoms. The maximum absolute atomic E-state index is 9.07. The molecule has 68 valence electrons. The Kier molecular flexibility index (Phi) is 2.20. The quantitative estimate of drug-likeness (QED) is 0.662. The van der Waals surface area contributed by atoms with E-state index in [0.29, 0.717) is 0 Å². The Balaban J connectivity index is 2.76. The van der Waals surface area contributed by atoms with Gasteiger partial charge in [0.2, 0.25) is 0 Å². The van der Waals surface area contributed by atoms with Crippen LogP contribution in [-0.2, 0) is 6.42 Å². The molecule has 0 N–H and O–H groups in total. The van der Waals surface area contributed by atoms with Crippen molar-refractivity contribution >= 4 is 0 Å². The zero-order valence-corrected chi connectivity index (χ0v) is 8.12. The Morgan fingerprint density at radius 3 is 2.71 bits per heavy atom. The van der Waals surface area contributed by atoms with Gasteiger partial charge >= 0.3 is 0 Å². The van der Waals surface area contributed by atoms with Crippen molar-refractivity contribution in [3.63, 3.8) is 0 Å². The number of rotatable bonds is 1. The van der Waals surface area contributed by atoms with E-state index < -0.39 is 0 Å². The SMILES string of the molecule is CCc1cc2cccccc-2c1C#N. The molecule has 0 aromatic rings. The molecule has 0 fully saturated rings. The Morgan fingerprint density at radius 2 is 2.00 bits per heavy atom. The van der Waals surface area contributed by atoms with Crippen LogP contribution in [0.1, 0.15) is 18.1 Å². The lowest BCUT2D eigenvalue weighted by atomic mass is 10.1. The number of hydrogen-bond acceptors (Lipinski definition) is 1. The Morgan fingerprint density at radius 1 is 1.21 bits per heavy atom. The van der Waals surface area contributed by atoms with E-state index in [-0.39, 0.29) is 0 Å². The molecule has 0 heterocycles. The third kappa shape index (κ3) is 1.25. The first-order valence-corrected chi connectivity index (χ1v) is 4.77. The molecular weight excluding hydrogens is 170 g/mol. The smallest absolute Gasteiger partial charge is 0.100 e. The van der Waals surface area contributed by atoms with Crippen LogP contribution >= 0.6 is 0 Å². The molecule has 0 spiro atoms. The van der Waals surface area contributed by atoms with Crippen LogP contribution in [0.2, 0.25) is 0 Å². The molecule has 0 aromatic carbocycles. The summed E-state index contributed by atoms with van der Waals surface area (Å²) in [6, 6.07) is 14.4. The summed E-state index contributed by atoms with van der Waals surface area (Å²) in [5, 5.41) is 9.07. The van der Waals surface area contributed by atoms with Crippen molar-refractivity contribution < 1.29 is 0 Å².